The maximum absolute atomic E-state index is 9.65. The molecule has 3 rings (SSSR count). The number of aromatic hydroxyl groups is 1. The van der Waals surface area contributed by atoms with Gasteiger partial charge in [0.25, 0.3) is 0 Å². The summed E-state index contributed by atoms with van der Waals surface area (Å²) < 4.78 is 1.35. The van der Waals surface area contributed by atoms with Gasteiger partial charge in [-0.1, -0.05) is 23.9 Å². The van der Waals surface area contributed by atoms with Gasteiger partial charge in [0.1, 0.15) is 10.8 Å². The second-order valence-electron chi connectivity index (χ2n) is 3.27. The molecule has 0 amide bonds. The Labute approximate surface area is 100 Å². The standard InChI is InChI=1S/C10H7N5OS/c16-7-3-1-2-4-8(7)17-10-6-5-9-11-13-14-15(9)12-10/h1-6,16H. The zero-order valence-corrected chi connectivity index (χ0v) is 9.37. The van der Waals surface area contributed by atoms with Crippen LogP contribution in [0.3, 0.4) is 0 Å². The van der Waals surface area contributed by atoms with Crippen LogP contribution in [0.1, 0.15) is 0 Å². The lowest BCUT2D eigenvalue weighted by atomic mass is 10.3. The molecule has 0 saturated heterocycles. The third-order valence-electron chi connectivity index (χ3n) is 2.12. The summed E-state index contributed by atoms with van der Waals surface area (Å²) in [5.41, 5.74) is 0.589. The highest BCUT2D eigenvalue weighted by molar-refractivity contribution is 7.99. The Morgan fingerprint density at radius 3 is 2.88 bits per heavy atom. The van der Waals surface area contributed by atoms with Crippen molar-refractivity contribution in [1.29, 1.82) is 0 Å². The summed E-state index contributed by atoms with van der Waals surface area (Å²) in [6, 6.07) is 10.7. The minimum Gasteiger partial charge on any atom is -0.507 e. The van der Waals surface area contributed by atoms with Crippen LogP contribution < -0.4 is 0 Å². The van der Waals surface area contributed by atoms with Crippen molar-refractivity contribution in [3.63, 3.8) is 0 Å². The molecule has 0 radical (unpaired) electrons. The van der Waals surface area contributed by atoms with E-state index in [4.69, 9.17) is 0 Å². The van der Waals surface area contributed by atoms with Gasteiger partial charge >= 0.3 is 0 Å². The first kappa shape index (κ1) is 10.0. The van der Waals surface area contributed by atoms with Crippen molar-refractivity contribution in [2.45, 2.75) is 9.92 Å². The second kappa shape index (κ2) is 4.02. The molecule has 1 N–H and O–H groups in total. The predicted octanol–water partition coefficient (Wildman–Crippen LogP) is 1.38. The highest BCUT2D eigenvalue weighted by Crippen LogP contribution is 2.32. The van der Waals surface area contributed by atoms with Gasteiger partial charge in [0, 0.05) is 0 Å². The van der Waals surface area contributed by atoms with Gasteiger partial charge in [-0.05, 0) is 34.7 Å². The van der Waals surface area contributed by atoms with Crippen LogP contribution in [0, 0.1) is 0 Å². The molecule has 1 aromatic carbocycles. The molecule has 7 heteroatoms. The maximum atomic E-state index is 9.65. The fourth-order valence-corrected chi connectivity index (χ4v) is 2.14. The highest BCUT2D eigenvalue weighted by atomic mass is 32.2. The lowest BCUT2D eigenvalue weighted by Crippen LogP contribution is -1.95. The van der Waals surface area contributed by atoms with Crippen LogP contribution in [0.25, 0.3) is 5.65 Å². The molecular formula is C10H7N5OS. The van der Waals surface area contributed by atoms with Crippen LogP contribution in [-0.2, 0) is 0 Å². The lowest BCUT2D eigenvalue weighted by molar-refractivity contribution is 0.462. The number of hydrogen-bond acceptors (Lipinski definition) is 6. The van der Waals surface area contributed by atoms with E-state index in [1.165, 1.54) is 16.4 Å². The van der Waals surface area contributed by atoms with Crippen molar-refractivity contribution in [2.24, 2.45) is 0 Å². The Morgan fingerprint density at radius 2 is 2.00 bits per heavy atom. The highest BCUT2D eigenvalue weighted by Gasteiger charge is 2.05. The molecule has 2 aromatic heterocycles. The molecule has 6 nitrogen and oxygen atoms in total. The van der Waals surface area contributed by atoms with Crippen LogP contribution in [0.4, 0.5) is 0 Å². The molecule has 0 unspecified atom stereocenters. The first-order valence-corrected chi connectivity index (χ1v) is 5.66. The minimum absolute atomic E-state index is 0.233. The molecule has 0 spiro atoms. The predicted molar refractivity (Wildman–Crippen MR) is 60.8 cm³/mol. The average Bonchev–Trinajstić information content (AvgIpc) is 2.79. The summed E-state index contributed by atoms with van der Waals surface area (Å²) in [5.74, 6) is 0.233. The van der Waals surface area contributed by atoms with Crippen LogP contribution in [0.15, 0.2) is 46.3 Å². The number of nitrogens with zero attached hydrogens (tertiary/aromatic N) is 5. The number of benzene rings is 1. The molecule has 0 atom stereocenters. The van der Waals surface area contributed by atoms with Gasteiger partial charge in [-0.15, -0.1) is 14.8 Å². The van der Waals surface area contributed by atoms with E-state index in [0.717, 1.165) is 4.90 Å². The summed E-state index contributed by atoms with van der Waals surface area (Å²) in [4.78, 5) is 0.743. The van der Waals surface area contributed by atoms with Crippen molar-refractivity contribution < 1.29 is 5.11 Å². The summed E-state index contributed by atoms with van der Waals surface area (Å²) in [7, 11) is 0. The Kier molecular flexibility index (Phi) is 2.37. The van der Waals surface area contributed by atoms with Gasteiger partial charge in [0.05, 0.1) is 4.90 Å². The molecule has 0 bridgehead atoms. The van der Waals surface area contributed by atoms with Crippen molar-refractivity contribution >= 4 is 17.4 Å². The number of para-hydroxylation sites is 1. The van der Waals surface area contributed by atoms with Gasteiger partial charge < -0.3 is 5.11 Å². The summed E-state index contributed by atoms with van der Waals surface area (Å²) >= 11 is 1.35. The molecule has 0 aliphatic rings. The number of rotatable bonds is 2. The second-order valence-corrected chi connectivity index (χ2v) is 4.33. The molecule has 17 heavy (non-hydrogen) atoms. The molecule has 84 valence electrons. The van der Waals surface area contributed by atoms with E-state index in [1.54, 1.807) is 18.2 Å². The molecule has 0 aliphatic carbocycles. The van der Waals surface area contributed by atoms with Crippen molar-refractivity contribution in [3.05, 3.63) is 36.4 Å². The summed E-state index contributed by atoms with van der Waals surface area (Å²) in [5, 5.41) is 25.6. The largest absolute Gasteiger partial charge is 0.507 e. The molecular weight excluding hydrogens is 238 g/mol. The van der Waals surface area contributed by atoms with Gasteiger partial charge in [-0.25, -0.2) is 0 Å². The van der Waals surface area contributed by atoms with E-state index in [1.807, 2.05) is 18.2 Å². The number of tetrazole rings is 1. The normalized spacial score (nSPS) is 10.8. The van der Waals surface area contributed by atoms with Crippen LogP contribution >= 0.6 is 11.8 Å². The Bertz CT molecular complexity index is 668. The van der Waals surface area contributed by atoms with Crippen molar-refractivity contribution in [1.82, 2.24) is 25.3 Å². The number of phenolic OH excluding ortho intramolecular Hbond substituents is 1. The van der Waals surface area contributed by atoms with Gasteiger partial charge in [0.2, 0.25) is 0 Å². The molecule has 2 heterocycles. The van der Waals surface area contributed by atoms with Crippen LogP contribution in [0.2, 0.25) is 0 Å². The summed E-state index contributed by atoms with van der Waals surface area (Å²) in [6.45, 7) is 0. The van der Waals surface area contributed by atoms with E-state index in [-0.39, 0.29) is 5.75 Å². The zero-order valence-electron chi connectivity index (χ0n) is 8.56. The number of phenols is 1. The molecule has 0 aliphatic heterocycles. The SMILES string of the molecule is Oc1ccccc1Sc1ccc2nnnn2n1. The van der Waals surface area contributed by atoms with Gasteiger partial charge in [-0.3, -0.25) is 0 Å². The van der Waals surface area contributed by atoms with Gasteiger partial charge in [0.15, 0.2) is 5.65 Å². The smallest absolute Gasteiger partial charge is 0.200 e. The van der Waals surface area contributed by atoms with E-state index < -0.39 is 0 Å². The van der Waals surface area contributed by atoms with Gasteiger partial charge in [-0.2, -0.15) is 0 Å². The fraction of sp³-hybridized carbons (Fsp3) is 0. The Hall–Kier alpha value is -2.15. The minimum atomic E-state index is 0.233. The third kappa shape index (κ3) is 1.92. The van der Waals surface area contributed by atoms with Crippen molar-refractivity contribution in [2.75, 3.05) is 0 Å². The van der Waals surface area contributed by atoms with Crippen LogP contribution in [-0.4, -0.2) is 30.4 Å². The third-order valence-corrected chi connectivity index (χ3v) is 3.12. The zero-order chi connectivity index (χ0) is 11.7. The first-order valence-electron chi connectivity index (χ1n) is 4.84. The molecule has 3 aromatic rings. The van der Waals surface area contributed by atoms with E-state index in [0.29, 0.717) is 10.7 Å². The van der Waals surface area contributed by atoms with E-state index in [9.17, 15) is 5.11 Å². The number of aromatic nitrogens is 5. The fourth-order valence-electron chi connectivity index (χ4n) is 1.34. The Morgan fingerprint density at radius 1 is 1.12 bits per heavy atom. The van der Waals surface area contributed by atoms with Crippen LogP contribution in [0.5, 0.6) is 5.75 Å². The van der Waals surface area contributed by atoms with E-state index in [2.05, 4.69) is 20.6 Å². The lowest BCUT2D eigenvalue weighted by Gasteiger charge is -2.02. The Balaban J connectivity index is 1.97. The quantitative estimate of drug-likeness (QED) is 0.735. The first-order chi connectivity index (χ1) is 8.33. The topological polar surface area (TPSA) is 76.2 Å². The van der Waals surface area contributed by atoms with Crippen molar-refractivity contribution in [3.8, 4) is 5.75 Å². The summed E-state index contributed by atoms with van der Waals surface area (Å²) in [6.07, 6.45) is 0. The van der Waals surface area contributed by atoms with E-state index >= 15 is 0 Å². The maximum Gasteiger partial charge on any atom is 0.200 e. The number of fused-ring (bicyclic) bond motifs is 1. The molecule has 0 saturated carbocycles. The average molecular weight is 245 g/mol. The molecule has 0 fully saturated rings. The number of hydrogen-bond donors (Lipinski definition) is 1. The monoisotopic (exact) mass is 245 g/mol.